The average molecular weight is 290 g/mol. The van der Waals surface area contributed by atoms with E-state index in [9.17, 15) is 4.39 Å². The van der Waals surface area contributed by atoms with Crippen LogP contribution in [0.5, 0.6) is 0 Å². The van der Waals surface area contributed by atoms with E-state index in [1.54, 1.807) is 17.0 Å². The number of piperazine rings is 1. The molecule has 1 heterocycles. The second-order valence-electron chi connectivity index (χ2n) is 7.46. The molecule has 1 aromatic carbocycles. The van der Waals surface area contributed by atoms with Gasteiger partial charge in [0.1, 0.15) is 38.5 Å². The number of hydrogen-bond acceptors (Lipinski definition) is 0. The minimum atomic E-state index is -0.0344. The molecule has 0 radical (unpaired) electrons. The van der Waals surface area contributed by atoms with Crippen LogP contribution in [-0.2, 0) is 6.54 Å². The molecular formula is C18H27FN2+2. The summed E-state index contributed by atoms with van der Waals surface area (Å²) >= 11 is 0. The molecular weight excluding hydrogens is 263 g/mol. The van der Waals surface area contributed by atoms with Gasteiger partial charge in [0.05, 0.1) is 6.04 Å². The zero-order chi connectivity index (χ0) is 14.2. The predicted octanol–water partition coefficient (Wildman–Crippen LogP) is 0.298. The molecule has 3 aliphatic rings. The van der Waals surface area contributed by atoms with Gasteiger partial charge in [0.25, 0.3) is 0 Å². The lowest BCUT2D eigenvalue weighted by molar-refractivity contribution is -1.03. The van der Waals surface area contributed by atoms with Gasteiger partial charge in [-0.3, -0.25) is 0 Å². The fraction of sp³-hybridized carbons (Fsp3) is 0.667. The molecule has 21 heavy (non-hydrogen) atoms. The number of nitrogens with one attached hydrogen (secondary N) is 2. The molecule has 3 fully saturated rings. The highest BCUT2D eigenvalue weighted by Gasteiger charge is 2.46. The topological polar surface area (TPSA) is 8.88 Å². The molecule has 1 saturated heterocycles. The van der Waals surface area contributed by atoms with Crippen LogP contribution < -0.4 is 9.80 Å². The van der Waals surface area contributed by atoms with E-state index in [1.807, 2.05) is 17.0 Å². The minimum Gasteiger partial charge on any atom is -0.323 e. The summed E-state index contributed by atoms with van der Waals surface area (Å²) in [6.45, 7) is 5.85. The molecule has 2 bridgehead atoms. The highest BCUT2D eigenvalue weighted by Crippen LogP contribution is 2.43. The second kappa shape index (κ2) is 5.69. The predicted molar refractivity (Wildman–Crippen MR) is 80.7 cm³/mol. The van der Waals surface area contributed by atoms with Gasteiger partial charge in [-0.2, -0.15) is 0 Å². The van der Waals surface area contributed by atoms with E-state index in [4.69, 9.17) is 0 Å². The van der Waals surface area contributed by atoms with Gasteiger partial charge >= 0.3 is 0 Å². The molecule has 114 valence electrons. The third kappa shape index (κ3) is 2.74. The Hall–Kier alpha value is -0.930. The molecule has 0 unspecified atom stereocenters. The van der Waals surface area contributed by atoms with Gasteiger partial charge < -0.3 is 9.80 Å². The molecule has 0 spiro atoms. The van der Waals surface area contributed by atoms with Crippen LogP contribution in [0.25, 0.3) is 0 Å². The maximum Gasteiger partial charge on any atom is 0.132 e. The van der Waals surface area contributed by atoms with E-state index in [-0.39, 0.29) is 5.82 Å². The minimum absolute atomic E-state index is 0.0344. The Kier molecular flexibility index (Phi) is 3.72. The lowest BCUT2D eigenvalue weighted by Gasteiger charge is -2.36. The van der Waals surface area contributed by atoms with Gasteiger partial charge in [0.2, 0.25) is 0 Å². The SMILES string of the molecule is Fc1ccccc1C[NH+]1CC[NH+]([C@H]2C[C@H]3CC[C@@H]2C3)CC1. The Bertz CT molecular complexity index is 496. The third-order valence-electron chi connectivity index (χ3n) is 6.26. The summed E-state index contributed by atoms with van der Waals surface area (Å²) in [5.41, 5.74) is 0.885. The molecule has 3 atom stereocenters. The van der Waals surface area contributed by atoms with Gasteiger partial charge in [0.15, 0.2) is 0 Å². The second-order valence-corrected chi connectivity index (χ2v) is 7.46. The monoisotopic (exact) mass is 290 g/mol. The van der Waals surface area contributed by atoms with E-state index >= 15 is 0 Å². The smallest absolute Gasteiger partial charge is 0.132 e. The van der Waals surface area contributed by atoms with Crippen molar-refractivity contribution in [3.8, 4) is 0 Å². The van der Waals surface area contributed by atoms with Crippen LogP contribution in [0.3, 0.4) is 0 Å². The zero-order valence-corrected chi connectivity index (χ0v) is 12.8. The maximum absolute atomic E-state index is 13.8. The van der Waals surface area contributed by atoms with Crippen molar-refractivity contribution in [1.82, 2.24) is 0 Å². The number of benzene rings is 1. The molecule has 3 heteroatoms. The number of fused-ring (bicyclic) bond motifs is 2. The fourth-order valence-corrected chi connectivity index (χ4v) is 5.13. The van der Waals surface area contributed by atoms with Gasteiger partial charge in [-0.05, 0) is 31.2 Å². The van der Waals surface area contributed by atoms with E-state index in [2.05, 4.69) is 0 Å². The van der Waals surface area contributed by atoms with E-state index < -0.39 is 0 Å². The van der Waals surface area contributed by atoms with Gasteiger partial charge in [-0.1, -0.05) is 18.2 Å². The Morgan fingerprint density at radius 3 is 2.48 bits per heavy atom. The van der Waals surface area contributed by atoms with Crippen LogP contribution in [0.15, 0.2) is 24.3 Å². The summed E-state index contributed by atoms with van der Waals surface area (Å²) in [4.78, 5) is 3.42. The number of hydrogen-bond donors (Lipinski definition) is 2. The van der Waals surface area contributed by atoms with Crippen molar-refractivity contribution in [3.05, 3.63) is 35.6 Å². The molecule has 4 rings (SSSR count). The van der Waals surface area contributed by atoms with Crippen molar-refractivity contribution in [1.29, 1.82) is 0 Å². The lowest BCUT2D eigenvalue weighted by Crippen LogP contribution is -3.29. The average Bonchev–Trinajstić information content (AvgIpc) is 3.13. The van der Waals surface area contributed by atoms with Gasteiger partial charge in [0, 0.05) is 17.9 Å². The number of quaternary nitrogens is 2. The van der Waals surface area contributed by atoms with Crippen molar-refractivity contribution >= 4 is 0 Å². The van der Waals surface area contributed by atoms with Gasteiger partial charge in [-0.25, -0.2) is 4.39 Å². The van der Waals surface area contributed by atoms with Crippen LogP contribution in [-0.4, -0.2) is 32.2 Å². The summed E-state index contributed by atoms with van der Waals surface area (Å²) in [6.07, 6.45) is 5.99. The fourth-order valence-electron chi connectivity index (χ4n) is 5.13. The first-order chi connectivity index (χ1) is 10.3. The standard InChI is InChI=1S/C18H25FN2/c19-17-4-2-1-3-16(17)13-20-7-9-21(10-8-20)18-12-14-5-6-15(18)11-14/h1-4,14-15,18H,5-13H2/p+2/t14-,15+,18-/m0/s1. The first kappa shape index (κ1) is 13.7. The van der Waals surface area contributed by atoms with Crippen molar-refractivity contribution in [2.45, 2.75) is 38.3 Å². The summed E-state index contributed by atoms with van der Waals surface area (Å²) < 4.78 is 13.8. The van der Waals surface area contributed by atoms with E-state index in [1.165, 1.54) is 51.9 Å². The summed E-state index contributed by atoms with van der Waals surface area (Å²) in [6, 6.07) is 8.22. The highest BCUT2D eigenvalue weighted by molar-refractivity contribution is 5.15. The number of rotatable bonds is 3. The van der Waals surface area contributed by atoms with Crippen molar-refractivity contribution in [2.75, 3.05) is 26.2 Å². The Morgan fingerprint density at radius 2 is 1.81 bits per heavy atom. The largest absolute Gasteiger partial charge is 0.323 e. The summed E-state index contributed by atoms with van der Waals surface area (Å²) in [5.74, 6) is 2.04. The van der Waals surface area contributed by atoms with Crippen LogP contribution in [0, 0.1) is 17.7 Å². The van der Waals surface area contributed by atoms with Crippen LogP contribution >= 0.6 is 0 Å². The van der Waals surface area contributed by atoms with Gasteiger partial charge in [-0.15, -0.1) is 0 Å². The van der Waals surface area contributed by atoms with Crippen molar-refractivity contribution < 1.29 is 14.2 Å². The molecule has 0 aromatic heterocycles. The first-order valence-electron chi connectivity index (χ1n) is 8.71. The quantitative estimate of drug-likeness (QED) is 0.792. The Balaban J connectivity index is 1.32. The molecule has 2 saturated carbocycles. The zero-order valence-electron chi connectivity index (χ0n) is 12.8. The highest BCUT2D eigenvalue weighted by atomic mass is 19.1. The van der Waals surface area contributed by atoms with E-state index in [0.29, 0.717) is 0 Å². The summed E-state index contributed by atoms with van der Waals surface area (Å²) in [7, 11) is 0. The Morgan fingerprint density at radius 1 is 1.00 bits per heavy atom. The van der Waals surface area contributed by atoms with Crippen molar-refractivity contribution in [2.24, 2.45) is 11.8 Å². The molecule has 1 aromatic rings. The van der Waals surface area contributed by atoms with Crippen LogP contribution in [0.1, 0.15) is 31.2 Å². The maximum atomic E-state index is 13.8. The van der Waals surface area contributed by atoms with Crippen LogP contribution in [0.4, 0.5) is 4.39 Å². The number of halogens is 1. The molecule has 2 aliphatic carbocycles. The molecule has 2 nitrogen and oxygen atoms in total. The lowest BCUT2D eigenvalue weighted by atomic mass is 9.93. The third-order valence-corrected chi connectivity index (χ3v) is 6.26. The normalized spacial score (nSPS) is 38.8. The molecule has 2 N–H and O–H groups in total. The van der Waals surface area contributed by atoms with Crippen LogP contribution in [0.2, 0.25) is 0 Å². The van der Waals surface area contributed by atoms with Crippen molar-refractivity contribution in [3.63, 3.8) is 0 Å². The molecule has 1 aliphatic heterocycles. The Labute approximate surface area is 126 Å². The molecule has 0 amide bonds. The summed E-state index contributed by atoms with van der Waals surface area (Å²) in [5, 5.41) is 0. The van der Waals surface area contributed by atoms with E-state index in [0.717, 1.165) is 30.0 Å². The first-order valence-corrected chi connectivity index (χ1v) is 8.71.